The molecule has 3 rings (SSSR count). The summed E-state index contributed by atoms with van der Waals surface area (Å²) in [6.07, 6.45) is 7.80. The Kier molecular flexibility index (Phi) is 5.55. The highest BCUT2D eigenvalue weighted by Crippen LogP contribution is 2.25. The second kappa shape index (κ2) is 7.82. The number of rotatable bonds is 4. The Morgan fingerprint density at radius 1 is 1.13 bits per heavy atom. The molecule has 1 aliphatic carbocycles. The van der Waals surface area contributed by atoms with Crippen LogP contribution in [-0.2, 0) is 11.3 Å². The van der Waals surface area contributed by atoms with Gasteiger partial charge >= 0.3 is 0 Å². The van der Waals surface area contributed by atoms with E-state index in [9.17, 15) is 4.79 Å². The minimum absolute atomic E-state index is 0.0981. The van der Waals surface area contributed by atoms with Crippen LogP contribution in [-0.4, -0.2) is 25.0 Å². The summed E-state index contributed by atoms with van der Waals surface area (Å²) < 4.78 is 0. The lowest BCUT2D eigenvalue weighted by atomic mass is 9.85. The molecule has 0 unspecified atom stereocenters. The Morgan fingerprint density at radius 2 is 1.91 bits per heavy atom. The van der Waals surface area contributed by atoms with Crippen molar-refractivity contribution in [3.8, 4) is 0 Å². The first-order valence-electron chi connectivity index (χ1n) is 9.10. The highest BCUT2D eigenvalue weighted by molar-refractivity contribution is 5.79. The molecule has 1 amide bonds. The van der Waals surface area contributed by atoms with Gasteiger partial charge in [0.2, 0.25) is 5.91 Å². The largest absolute Gasteiger partial charge is 0.371 e. The Labute approximate surface area is 139 Å². The van der Waals surface area contributed by atoms with Crippen molar-refractivity contribution in [2.24, 2.45) is 11.7 Å². The van der Waals surface area contributed by atoms with E-state index in [1.165, 1.54) is 30.5 Å². The van der Waals surface area contributed by atoms with Crippen LogP contribution in [0.3, 0.4) is 0 Å². The Bertz CT molecular complexity index is 525. The fourth-order valence-electron chi connectivity index (χ4n) is 3.90. The molecule has 1 saturated heterocycles. The van der Waals surface area contributed by atoms with Gasteiger partial charge in [0.1, 0.15) is 0 Å². The fourth-order valence-corrected chi connectivity index (χ4v) is 3.90. The molecule has 4 heteroatoms. The number of anilines is 1. The van der Waals surface area contributed by atoms with E-state index in [0.717, 1.165) is 38.8 Å². The van der Waals surface area contributed by atoms with E-state index in [1.54, 1.807) is 0 Å². The van der Waals surface area contributed by atoms with Crippen molar-refractivity contribution in [2.45, 2.75) is 57.5 Å². The van der Waals surface area contributed by atoms with Gasteiger partial charge in [0, 0.05) is 37.3 Å². The van der Waals surface area contributed by atoms with Crippen molar-refractivity contribution in [1.29, 1.82) is 0 Å². The van der Waals surface area contributed by atoms with E-state index >= 15 is 0 Å². The molecule has 1 aromatic rings. The second-order valence-electron chi connectivity index (χ2n) is 7.02. The highest BCUT2D eigenvalue weighted by Gasteiger charge is 2.25. The molecule has 0 spiro atoms. The number of benzene rings is 1. The average Bonchev–Trinajstić information content (AvgIpc) is 2.60. The van der Waals surface area contributed by atoms with Gasteiger partial charge in [-0.1, -0.05) is 24.6 Å². The lowest BCUT2D eigenvalue weighted by Crippen LogP contribution is -2.38. The molecular weight excluding hydrogens is 286 g/mol. The van der Waals surface area contributed by atoms with Crippen LogP contribution in [0.15, 0.2) is 24.3 Å². The molecule has 1 aromatic carbocycles. The van der Waals surface area contributed by atoms with Gasteiger partial charge in [-0.3, -0.25) is 4.79 Å². The van der Waals surface area contributed by atoms with Crippen LogP contribution in [0.5, 0.6) is 0 Å². The van der Waals surface area contributed by atoms with Gasteiger partial charge < -0.3 is 16.0 Å². The summed E-state index contributed by atoms with van der Waals surface area (Å²) in [6, 6.07) is 8.67. The molecule has 0 radical (unpaired) electrons. The number of nitrogens with one attached hydrogen (secondary N) is 1. The number of nitrogens with two attached hydrogens (primary N) is 1. The van der Waals surface area contributed by atoms with Gasteiger partial charge in [-0.05, 0) is 50.2 Å². The SMILES string of the molecule is N[C@@H]1CCC[C@@H](C(=O)NCc2ccccc2N2CCCCC2)C1. The number of hydrogen-bond acceptors (Lipinski definition) is 3. The maximum absolute atomic E-state index is 12.4. The van der Waals surface area contributed by atoms with Gasteiger partial charge in [0.25, 0.3) is 0 Å². The minimum atomic E-state index is 0.0981. The summed E-state index contributed by atoms with van der Waals surface area (Å²) in [4.78, 5) is 14.9. The third-order valence-corrected chi connectivity index (χ3v) is 5.23. The summed E-state index contributed by atoms with van der Waals surface area (Å²) in [5.74, 6) is 0.273. The molecule has 2 atom stereocenters. The Balaban J connectivity index is 1.60. The molecule has 126 valence electrons. The first-order valence-corrected chi connectivity index (χ1v) is 9.10. The zero-order valence-corrected chi connectivity index (χ0v) is 14.0. The molecule has 1 heterocycles. The van der Waals surface area contributed by atoms with Crippen LogP contribution in [0.4, 0.5) is 5.69 Å². The van der Waals surface area contributed by atoms with Gasteiger partial charge in [0.15, 0.2) is 0 Å². The van der Waals surface area contributed by atoms with E-state index < -0.39 is 0 Å². The van der Waals surface area contributed by atoms with Crippen molar-refractivity contribution in [3.05, 3.63) is 29.8 Å². The molecule has 2 fully saturated rings. The molecule has 0 bridgehead atoms. The number of piperidine rings is 1. The van der Waals surface area contributed by atoms with Crippen molar-refractivity contribution < 1.29 is 4.79 Å². The molecule has 4 nitrogen and oxygen atoms in total. The van der Waals surface area contributed by atoms with Gasteiger partial charge in [-0.25, -0.2) is 0 Å². The lowest BCUT2D eigenvalue weighted by Gasteiger charge is -2.31. The standard InChI is InChI=1S/C19H29N3O/c20-17-9-6-8-15(13-17)19(23)21-14-16-7-2-3-10-18(16)22-11-4-1-5-12-22/h2-3,7,10,15,17H,1,4-6,8-9,11-14,20H2,(H,21,23)/t15-,17-/m1/s1. The summed E-state index contributed by atoms with van der Waals surface area (Å²) in [5.41, 5.74) is 8.52. The van der Waals surface area contributed by atoms with Crippen molar-refractivity contribution in [3.63, 3.8) is 0 Å². The summed E-state index contributed by atoms with van der Waals surface area (Å²) in [7, 11) is 0. The zero-order valence-electron chi connectivity index (χ0n) is 14.0. The Hall–Kier alpha value is -1.55. The van der Waals surface area contributed by atoms with Gasteiger partial charge in [-0.2, -0.15) is 0 Å². The number of para-hydroxylation sites is 1. The van der Waals surface area contributed by atoms with E-state index in [-0.39, 0.29) is 17.9 Å². The van der Waals surface area contributed by atoms with Crippen LogP contribution >= 0.6 is 0 Å². The van der Waals surface area contributed by atoms with Crippen LogP contribution in [0, 0.1) is 5.92 Å². The number of carbonyl (C=O) groups is 1. The third kappa shape index (κ3) is 4.25. The van der Waals surface area contributed by atoms with Crippen molar-refractivity contribution >= 4 is 11.6 Å². The monoisotopic (exact) mass is 315 g/mol. The molecule has 1 aliphatic heterocycles. The van der Waals surface area contributed by atoms with E-state index in [0.29, 0.717) is 6.54 Å². The van der Waals surface area contributed by atoms with Crippen LogP contribution in [0.1, 0.15) is 50.5 Å². The molecular formula is C19H29N3O. The molecule has 3 N–H and O–H groups in total. The van der Waals surface area contributed by atoms with Gasteiger partial charge in [-0.15, -0.1) is 0 Å². The van der Waals surface area contributed by atoms with Gasteiger partial charge in [0.05, 0.1) is 0 Å². The first-order chi connectivity index (χ1) is 11.2. The number of carbonyl (C=O) groups excluding carboxylic acids is 1. The first kappa shape index (κ1) is 16.3. The van der Waals surface area contributed by atoms with E-state index in [1.807, 2.05) is 0 Å². The smallest absolute Gasteiger partial charge is 0.223 e. The van der Waals surface area contributed by atoms with E-state index in [2.05, 4.69) is 34.5 Å². The van der Waals surface area contributed by atoms with Crippen LogP contribution in [0.25, 0.3) is 0 Å². The molecule has 23 heavy (non-hydrogen) atoms. The Morgan fingerprint density at radius 3 is 2.70 bits per heavy atom. The number of nitrogens with zero attached hydrogens (tertiary/aromatic N) is 1. The summed E-state index contributed by atoms with van der Waals surface area (Å²) >= 11 is 0. The minimum Gasteiger partial charge on any atom is -0.371 e. The number of hydrogen-bond donors (Lipinski definition) is 2. The second-order valence-corrected chi connectivity index (χ2v) is 7.02. The van der Waals surface area contributed by atoms with Crippen molar-refractivity contribution in [2.75, 3.05) is 18.0 Å². The molecule has 2 aliphatic rings. The predicted octanol–water partition coefficient (Wildman–Crippen LogP) is 2.81. The van der Waals surface area contributed by atoms with Crippen LogP contribution < -0.4 is 16.0 Å². The summed E-state index contributed by atoms with van der Waals surface area (Å²) in [5, 5.41) is 3.15. The third-order valence-electron chi connectivity index (χ3n) is 5.23. The number of amides is 1. The quantitative estimate of drug-likeness (QED) is 0.898. The topological polar surface area (TPSA) is 58.4 Å². The molecule has 0 aromatic heterocycles. The normalized spacial score (nSPS) is 25.2. The lowest BCUT2D eigenvalue weighted by molar-refractivity contribution is -0.126. The zero-order chi connectivity index (χ0) is 16.1. The van der Waals surface area contributed by atoms with Crippen LogP contribution in [0.2, 0.25) is 0 Å². The summed E-state index contributed by atoms with van der Waals surface area (Å²) in [6.45, 7) is 2.88. The predicted molar refractivity (Wildman–Crippen MR) is 94.3 cm³/mol. The van der Waals surface area contributed by atoms with E-state index in [4.69, 9.17) is 5.73 Å². The maximum atomic E-state index is 12.4. The highest BCUT2D eigenvalue weighted by atomic mass is 16.1. The average molecular weight is 315 g/mol. The molecule has 1 saturated carbocycles. The fraction of sp³-hybridized carbons (Fsp3) is 0.632. The maximum Gasteiger partial charge on any atom is 0.223 e. The van der Waals surface area contributed by atoms with Crippen molar-refractivity contribution in [1.82, 2.24) is 5.32 Å².